The van der Waals surface area contributed by atoms with Crippen LogP contribution in [0.5, 0.6) is 0 Å². The topological polar surface area (TPSA) is 102 Å². The highest BCUT2D eigenvalue weighted by Crippen LogP contribution is 2.37. The van der Waals surface area contributed by atoms with Crippen LogP contribution in [0.3, 0.4) is 0 Å². The lowest BCUT2D eigenvalue weighted by molar-refractivity contribution is -0.146. The summed E-state index contributed by atoms with van der Waals surface area (Å²) in [4.78, 5) is 7.65. The smallest absolute Gasteiger partial charge is 0.323 e. The predicted octanol–water partition coefficient (Wildman–Crippen LogP) is 4.38. The summed E-state index contributed by atoms with van der Waals surface area (Å²) in [6, 6.07) is 3.06. The average molecular weight is 491 g/mol. The first kappa shape index (κ1) is 22.9. The molecule has 15 heteroatoms. The maximum Gasteiger partial charge on any atom is 0.449 e. The molecule has 0 bridgehead atoms. The fourth-order valence-corrected chi connectivity index (χ4v) is 4.56. The Morgan fingerprint density at radius 1 is 0.939 bits per heavy atom. The molecule has 8 nitrogen and oxygen atoms in total. The molecule has 33 heavy (non-hydrogen) atoms. The monoisotopic (exact) mass is 491 g/mol. The number of nitrogens with zero attached hydrogens (tertiary/aromatic N) is 6. The molecule has 0 aliphatic carbocycles. The molecule has 4 aromatic rings. The van der Waals surface area contributed by atoms with Gasteiger partial charge in [-0.3, -0.25) is 0 Å². The van der Waals surface area contributed by atoms with Crippen LogP contribution in [0.15, 0.2) is 23.1 Å². The minimum absolute atomic E-state index is 0.00485. The molecule has 0 radical (unpaired) electrons. The van der Waals surface area contributed by atoms with Crippen LogP contribution in [-0.2, 0) is 36.2 Å². The van der Waals surface area contributed by atoms with E-state index in [0.717, 1.165) is 11.6 Å². The van der Waals surface area contributed by atoms with Crippen molar-refractivity contribution in [2.75, 3.05) is 5.75 Å². The number of imidazole rings is 2. The van der Waals surface area contributed by atoms with E-state index < -0.39 is 33.6 Å². The molecule has 0 spiro atoms. The molecule has 176 valence electrons. The molecule has 0 saturated carbocycles. The summed E-state index contributed by atoms with van der Waals surface area (Å²) in [7, 11) is -0.933. The van der Waals surface area contributed by atoms with Crippen LogP contribution in [0.2, 0.25) is 0 Å². The fraction of sp³-hybridized carbons (Fsp3) is 0.333. The molecule has 1 N–H and O–H groups in total. The van der Waals surface area contributed by atoms with E-state index in [9.17, 15) is 30.6 Å². The van der Waals surface area contributed by atoms with Crippen molar-refractivity contribution in [1.29, 1.82) is 4.78 Å². The SMILES string of the molecule is CCS(=N)(=O)c1cc2c(cc1-c1nc3cc(C(F)(F)F)nnc3n1C)nc(C(F)(F)F)n2C. The van der Waals surface area contributed by atoms with Gasteiger partial charge in [0.25, 0.3) is 0 Å². The van der Waals surface area contributed by atoms with Crippen molar-refractivity contribution in [3.63, 3.8) is 0 Å². The molecule has 1 unspecified atom stereocenters. The van der Waals surface area contributed by atoms with Gasteiger partial charge in [-0.05, 0) is 12.1 Å². The van der Waals surface area contributed by atoms with Gasteiger partial charge in [0.1, 0.15) is 11.3 Å². The Morgan fingerprint density at radius 3 is 2.18 bits per heavy atom. The summed E-state index contributed by atoms with van der Waals surface area (Å²) in [5.74, 6) is -1.39. The molecule has 0 amide bonds. The Kier molecular flexibility index (Phi) is 4.96. The van der Waals surface area contributed by atoms with E-state index in [1.54, 1.807) is 0 Å². The second kappa shape index (κ2) is 7.13. The maximum atomic E-state index is 13.3. The molecular formula is C18H15F6N7OS. The molecule has 0 aliphatic heterocycles. The minimum atomic E-state index is -4.76. The molecule has 1 aromatic carbocycles. The molecular weight excluding hydrogens is 476 g/mol. The number of aryl methyl sites for hydroxylation is 2. The molecule has 0 fully saturated rings. The quantitative estimate of drug-likeness (QED) is 0.429. The summed E-state index contributed by atoms with van der Waals surface area (Å²) in [5.41, 5.74) is -1.59. The molecule has 3 aromatic heterocycles. The number of hydrogen-bond donors (Lipinski definition) is 1. The summed E-state index contributed by atoms with van der Waals surface area (Å²) < 4.78 is 102. The van der Waals surface area contributed by atoms with Gasteiger partial charge in [0.15, 0.2) is 11.3 Å². The second-order valence-corrected chi connectivity index (χ2v) is 9.59. The van der Waals surface area contributed by atoms with Gasteiger partial charge in [0.05, 0.1) is 25.7 Å². The Balaban J connectivity index is 2.06. The summed E-state index contributed by atoms with van der Waals surface area (Å²) in [6.45, 7) is 1.48. The lowest BCUT2D eigenvalue weighted by atomic mass is 10.2. The lowest BCUT2D eigenvalue weighted by Crippen LogP contribution is -2.12. The first-order valence-electron chi connectivity index (χ1n) is 9.27. The first-order valence-corrected chi connectivity index (χ1v) is 11.0. The van der Waals surface area contributed by atoms with Crippen LogP contribution in [0.25, 0.3) is 33.6 Å². The van der Waals surface area contributed by atoms with E-state index in [2.05, 4.69) is 20.2 Å². The standard InChI is InChI=1S/C18H15F6N7OS/c1-4-33(25,32)12-7-11-9(27-16(30(11)2)18(22,23)24)5-8(12)14-26-10-6-13(17(19,20)21)28-29-15(10)31(14)3/h5-7,25H,4H2,1-3H3. The van der Waals surface area contributed by atoms with E-state index in [1.165, 1.54) is 30.7 Å². The van der Waals surface area contributed by atoms with Crippen molar-refractivity contribution in [3.05, 3.63) is 29.7 Å². The Labute approximate surface area is 182 Å². The van der Waals surface area contributed by atoms with Crippen molar-refractivity contribution in [2.24, 2.45) is 14.1 Å². The minimum Gasteiger partial charge on any atom is -0.323 e. The zero-order valence-electron chi connectivity index (χ0n) is 17.2. The number of benzene rings is 1. The number of aromatic nitrogens is 6. The number of halogens is 6. The highest BCUT2D eigenvalue weighted by Gasteiger charge is 2.37. The Morgan fingerprint density at radius 2 is 1.61 bits per heavy atom. The van der Waals surface area contributed by atoms with Gasteiger partial charge in [-0.2, -0.15) is 26.3 Å². The van der Waals surface area contributed by atoms with Crippen molar-refractivity contribution >= 4 is 31.9 Å². The van der Waals surface area contributed by atoms with Gasteiger partial charge in [-0.15, -0.1) is 10.2 Å². The van der Waals surface area contributed by atoms with Crippen LogP contribution < -0.4 is 0 Å². The summed E-state index contributed by atoms with van der Waals surface area (Å²) in [5, 5.41) is 6.72. The largest absolute Gasteiger partial charge is 0.449 e. The number of fused-ring (bicyclic) bond motifs is 2. The Hall–Kier alpha value is -3.23. The van der Waals surface area contributed by atoms with Gasteiger partial charge < -0.3 is 9.13 Å². The maximum absolute atomic E-state index is 13.3. The molecule has 1 atom stereocenters. The van der Waals surface area contributed by atoms with E-state index >= 15 is 0 Å². The van der Waals surface area contributed by atoms with E-state index in [0.29, 0.717) is 6.07 Å². The zero-order valence-corrected chi connectivity index (χ0v) is 18.0. The van der Waals surface area contributed by atoms with Crippen LogP contribution in [0.1, 0.15) is 18.4 Å². The third kappa shape index (κ3) is 3.69. The van der Waals surface area contributed by atoms with Gasteiger partial charge in [-0.1, -0.05) is 6.92 Å². The van der Waals surface area contributed by atoms with Gasteiger partial charge in [-0.25, -0.2) is 19.0 Å². The lowest BCUT2D eigenvalue weighted by Gasteiger charge is -2.12. The highest BCUT2D eigenvalue weighted by molar-refractivity contribution is 7.92. The number of nitrogens with one attached hydrogen (secondary N) is 1. The molecule has 3 heterocycles. The zero-order chi connectivity index (χ0) is 24.5. The summed E-state index contributed by atoms with van der Waals surface area (Å²) in [6.07, 6.45) is -9.52. The van der Waals surface area contributed by atoms with Gasteiger partial charge in [0, 0.05) is 31.5 Å². The van der Waals surface area contributed by atoms with Crippen molar-refractivity contribution in [2.45, 2.75) is 24.2 Å². The third-order valence-corrected chi connectivity index (χ3v) is 7.01. The Bertz CT molecular complexity index is 1520. The predicted molar refractivity (Wildman–Crippen MR) is 106 cm³/mol. The second-order valence-electron chi connectivity index (χ2n) is 7.22. The summed E-state index contributed by atoms with van der Waals surface area (Å²) >= 11 is 0. The van der Waals surface area contributed by atoms with Crippen LogP contribution in [-0.4, -0.2) is 39.3 Å². The van der Waals surface area contributed by atoms with Crippen LogP contribution >= 0.6 is 0 Å². The average Bonchev–Trinajstić information content (AvgIpc) is 3.23. The van der Waals surface area contributed by atoms with Crippen molar-refractivity contribution in [1.82, 2.24) is 29.3 Å². The van der Waals surface area contributed by atoms with E-state index in [4.69, 9.17) is 4.78 Å². The van der Waals surface area contributed by atoms with Gasteiger partial charge in [0.2, 0.25) is 5.82 Å². The van der Waals surface area contributed by atoms with E-state index in [-0.39, 0.29) is 44.2 Å². The van der Waals surface area contributed by atoms with E-state index in [1.807, 2.05) is 0 Å². The molecule has 4 rings (SSSR count). The van der Waals surface area contributed by atoms with Crippen molar-refractivity contribution < 1.29 is 30.6 Å². The van der Waals surface area contributed by atoms with Gasteiger partial charge >= 0.3 is 12.4 Å². The molecule has 0 aliphatic rings. The van der Waals surface area contributed by atoms with Crippen LogP contribution in [0.4, 0.5) is 26.3 Å². The van der Waals surface area contributed by atoms with Crippen molar-refractivity contribution in [3.8, 4) is 11.4 Å². The normalized spacial score (nSPS) is 14.8. The molecule has 0 saturated heterocycles. The number of alkyl halides is 6. The number of rotatable bonds is 3. The number of hydrogen-bond acceptors (Lipinski definition) is 6. The highest BCUT2D eigenvalue weighted by atomic mass is 32.2. The van der Waals surface area contributed by atoms with Crippen LogP contribution in [0, 0.1) is 4.78 Å². The third-order valence-electron chi connectivity index (χ3n) is 5.15. The fourth-order valence-electron chi connectivity index (χ4n) is 3.44. The first-order chi connectivity index (χ1) is 15.1.